The number of amides is 2. The topological polar surface area (TPSA) is 155 Å². The molecular weight excluding hydrogens is 566 g/mol. The van der Waals surface area contributed by atoms with E-state index in [9.17, 15) is 29.7 Å². The summed E-state index contributed by atoms with van der Waals surface area (Å²) in [5.41, 5.74) is -0.845. The number of halogens is 1. The van der Waals surface area contributed by atoms with Crippen LogP contribution >= 0.6 is 11.6 Å². The molecule has 2 aliphatic rings. The number of aliphatic hydroxyl groups excluding tert-OH is 2. The molecule has 2 rings (SSSR count). The van der Waals surface area contributed by atoms with Crippen molar-refractivity contribution in [3.05, 3.63) is 36.0 Å². The first-order valence-corrected chi connectivity index (χ1v) is 15.2. The second-order valence-electron chi connectivity index (χ2n) is 11.9. The molecule has 0 bridgehead atoms. The van der Waals surface area contributed by atoms with Gasteiger partial charge >= 0.3 is 12.1 Å². The van der Waals surface area contributed by atoms with Crippen LogP contribution in [-0.4, -0.2) is 81.4 Å². The van der Waals surface area contributed by atoms with Gasteiger partial charge in [0, 0.05) is 11.8 Å². The Morgan fingerprint density at radius 1 is 1.31 bits per heavy atom. The molecule has 2 amide bonds. The maximum absolute atomic E-state index is 12.7. The lowest BCUT2D eigenvalue weighted by molar-refractivity contribution is -0.151. The molecule has 0 aromatic carbocycles. The van der Waals surface area contributed by atoms with Crippen molar-refractivity contribution in [1.82, 2.24) is 5.32 Å². The van der Waals surface area contributed by atoms with Gasteiger partial charge in [-0.3, -0.25) is 14.9 Å². The summed E-state index contributed by atoms with van der Waals surface area (Å²) in [5.74, 6) is -1.82. The van der Waals surface area contributed by atoms with Crippen LogP contribution in [0.15, 0.2) is 36.0 Å². The van der Waals surface area contributed by atoms with Gasteiger partial charge in [0.05, 0.1) is 30.8 Å². The summed E-state index contributed by atoms with van der Waals surface area (Å²) in [7, 11) is 0. The van der Waals surface area contributed by atoms with Crippen molar-refractivity contribution < 1.29 is 43.9 Å². The van der Waals surface area contributed by atoms with Crippen LogP contribution in [0.25, 0.3) is 0 Å². The monoisotopic (exact) mass is 613 g/mol. The first kappa shape index (κ1) is 36.0. The van der Waals surface area contributed by atoms with Crippen molar-refractivity contribution in [3.63, 3.8) is 0 Å². The fourth-order valence-corrected chi connectivity index (χ4v) is 5.15. The Morgan fingerprint density at radius 3 is 2.64 bits per heavy atom. The van der Waals surface area contributed by atoms with Crippen molar-refractivity contribution >= 4 is 29.6 Å². The largest absolute Gasteiger partial charge is 0.457 e. The Hall–Kier alpha value is -2.24. The Morgan fingerprint density at radius 2 is 2.00 bits per heavy atom. The summed E-state index contributed by atoms with van der Waals surface area (Å²) in [6, 6.07) is 0. The first-order chi connectivity index (χ1) is 19.7. The molecule has 238 valence electrons. The maximum Gasteiger partial charge on any atom is 0.414 e. The summed E-state index contributed by atoms with van der Waals surface area (Å²) in [4.78, 5) is 36.4. The van der Waals surface area contributed by atoms with E-state index in [1.807, 2.05) is 51.2 Å². The van der Waals surface area contributed by atoms with Gasteiger partial charge in [-0.25, -0.2) is 4.79 Å². The van der Waals surface area contributed by atoms with Gasteiger partial charge < -0.3 is 29.5 Å². The number of epoxide rings is 1. The summed E-state index contributed by atoms with van der Waals surface area (Å²) in [6.07, 6.45) is 6.18. The number of ether oxygens (including phenoxy) is 3. The number of cyclic esters (lactones) is 1. The molecular formula is C31H48ClNO9. The summed E-state index contributed by atoms with van der Waals surface area (Å²) in [5, 5.41) is 33.6. The minimum Gasteiger partial charge on any atom is -0.457 e. The molecule has 4 N–H and O–H groups in total. The first-order valence-electron chi connectivity index (χ1n) is 14.7. The number of carbonyl (C=O) groups is 3. The van der Waals surface area contributed by atoms with Crippen LogP contribution in [0.5, 0.6) is 0 Å². The minimum atomic E-state index is -1.60. The van der Waals surface area contributed by atoms with Gasteiger partial charge in [0.2, 0.25) is 5.91 Å². The van der Waals surface area contributed by atoms with Crippen molar-refractivity contribution in [2.45, 2.75) is 116 Å². The molecule has 11 heteroatoms. The standard InChI is InChI=1S/C31H48ClNO9/c1-7-23(35)21(5)29-24(40-29)15-18(2)9-8-10-19(3)28-20(4)11-12-25(41-30(38)33-26(36)17-32)31(6,39)14-13-22(34)16-27(37)42-28/h8-12,18,20-25,28-29,34-35,39H,7,13-17H2,1-6H3,(H,33,36,38). The molecule has 2 aliphatic heterocycles. The zero-order chi connectivity index (χ0) is 31.6. The van der Waals surface area contributed by atoms with Gasteiger partial charge in [0.15, 0.2) is 6.10 Å². The highest BCUT2D eigenvalue weighted by Gasteiger charge is 2.45. The summed E-state index contributed by atoms with van der Waals surface area (Å²) in [6.45, 7) is 11.2. The third-order valence-corrected chi connectivity index (χ3v) is 8.18. The van der Waals surface area contributed by atoms with Crippen LogP contribution in [0, 0.1) is 17.8 Å². The number of esters is 1. The van der Waals surface area contributed by atoms with Crippen LogP contribution < -0.4 is 5.32 Å². The minimum absolute atomic E-state index is 0.0116. The van der Waals surface area contributed by atoms with Crippen molar-refractivity contribution in [3.8, 4) is 0 Å². The van der Waals surface area contributed by atoms with E-state index < -0.39 is 53.7 Å². The number of imide groups is 1. The molecule has 42 heavy (non-hydrogen) atoms. The number of nitrogens with one attached hydrogen (secondary N) is 1. The lowest BCUT2D eigenvalue weighted by Gasteiger charge is -2.32. The lowest BCUT2D eigenvalue weighted by atomic mass is 9.88. The number of alkyl halides is 1. The molecule has 0 aromatic rings. The lowest BCUT2D eigenvalue weighted by Crippen LogP contribution is -2.45. The molecule has 0 radical (unpaired) electrons. The number of aliphatic hydroxyl groups is 3. The highest BCUT2D eigenvalue weighted by molar-refractivity contribution is 6.28. The molecule has 1 fully saturated rings. The molecule has 10 atom stereocenters. The number of hydrogen-bond donors (Lipinski definition) is 4. The van der Waals surface area contributed by atoms with E-state index in [1.54, 1.807) is 6.08 Å². The van der Waals surface area contributed by atoms with Gasteiger partial charge in [0.1, 0.15) is 17.6 Å². The SMILES string of the molecule is CCC(O)C(C)C1OC1CC(C)C=CC=C(C)C1OC(=O)CC(O)CCC(C)(O)C(OC(=O)NC(=O)CCl)C=CC1C. The van der Waals surface area contributed by atoms with E-state index in [2.05, 4.69) is 6.92 Å². The third kappa shape index (κ3) is 11.4. The zero-order valence-corrected chi connectivity index (χ0v) is 26.3. The smallest absolute Gasteiger partial charge is 0.414 e. The predicted octanol–water partition coefficient (Wildman–Crippen LogP) is 3.95. The molecule has 10 nitrogen and oxygen atoms in total. The maximum atomic E-state index is 12.7. The van der Waals surface area contributed by atoms with Crippen LogP contribution in [0.1, 0.15) is 73.6 Å². The van der Waals surface area contributed by atoms with Gasteiger partial charge in [-0.1, -0.05) is 52.0 Å². The van der Waals surface area contributed by atoms with Crippen molar-refractivity contribution in [2.75, 3.05) is 5.88 Å². The van der Waals surface area contributed by atoms with Crippen LogP contribution in [0.3, 0.4) is 0 Å². The summed E-state index contributed by atoms with van der Waals surface area (Å²) >= 11 is 5.44. The zero-order valence-electron chi connectivity index (χ0n) is 25.5. The van der Waals surface area contributed by atoms with Gasteiger partial charge in [-0.15, -0.1) is 11.6 Å². The Labute approximate surface area is 254 Å². The van der Waals surface area contributed by atoms with E-state index in [4.69, 9.17) is 25.8 Å². The average Bonchev–Trinajstić information content (AvgIpc) is 3.69. The van der Waals surface area contributed by atoms with Crippen LogP contribution in [0.4, 0.5) is 4.79 Å². The van der Waals surface area contributed by atoms with E-state index in [-0.39, 0.29) is 49.4 Å². The van der Waals surface area contributed by atoms with Gasteiger partial charge in [0.25, 0.3) is 0 Å². The van der Waals surface area contributed by atoms with Crippen molar-refractivity contribution in [2.24, 2.45) is 17.8 Å². The second-order valence-corrected chi connectivity index (χ2v) is 12.2. The molecule has 10 unspecified atom stereocenters. The quantitative estimate of drug-likeness (QED) is 0.0942. The number of hydrogen-bond acceptors (Lipinski definition) is 9. The van der Waals surface area contributed by atoms with E-state index in [0.29, 0.717) is 6.42 Å². The average molecular weight is 614 g/mol. The predicted molar refractivity (Wildman–Crippen MR) is 159 cm³/mol. The number of rotatable bonds is 10. The molecule has 0 aromatic heterocycles. The van der Waals surface area contributed by atoms with E-state index >= 15 is 0 Å². The van der Waals surface area contributed by atoms with Gasteiger partial charge in [-0.05, 0) is 57.1 Å². The molecule has 1 saturated heterocycles. The molecule has 0 aliphatic carbocycles. The Balaban J connectivity index is 2.17. The molecule has 0 saturated carbocycles. The van der Waals surface area contributed by atoms with Crippen LogP contribution in [-0.2, 0) is 23.8 Å². The van der Waals surface area contributed by atoms with E-state index in [1.165, 1.54) is 13.0 Å². The second kappa shape index (κ2) is 16.6. The highest BCUT2D eigenvalue weighted by atomic mass is 35.5. The highest BCUT2D eigenvalue weighted by Crippen LogP contribution is 2.36. The van der Waals surface area contributed by atoms with E-state index in [0.717, 1.165) is 12.0 Å². The number of allylic oxidation sites excluding steroid dienone is 3. The molecule has 2 heterocycles. The number of alkyl carbamates (subject to hydrolysis) is 1. The Bertz CT molecular complexity index is 1010. The normalized spacial score (nSPS) is 33.1. The van der Waals surface area contributed by atoms with Crippen molar-refractivity contribution in [1.29, 1.82) is 0 Å². The van der Waals surface area contributed by atoms with Gasteiger partial charge in [-0.2, -0.15) is 0 Å². The van der Waals surface area contributed by atoms with Crippen LogP contribution in [0.2, 0.25) is 0 Å². The Kier molecular flexibility index (Phi) is 14.2. The molecule has 0 spiro atoms. The third-order valence-electron chi connectivity index (χ3n) is 7.94. The number of carbonyl (C=O) groups excluding carboxylic acids is 3. The fourth-order valence-electron chi connectivity index (χ4n) is 5.08. The fraction of sp³-hybridized carbons (Fsp3) is 0.710. The summed E-state index contributed by atoms with van der Waals surface area (Å²) < 4.78 is 16.9.